The molecule has 0 aromatic rings. The van der Waals surface area contributed by atoms with E-state index in [1.807, 2.05) is 27.7 Å². The molecule has 160 valence electrons. The van der Waals surface area contributed by atoms with Crippen LogP contribution in [0.4, 0.5) is 0 Å². The molecule has 8 nitrogen and oxygen atoms in total. The summed E-state index contributed by atoms with van der Waals surface area (Å²) in [6.45, 7) is 12.0. The third-order valence-electron chi connectivity index (χ3n) is 3.19. The Labute approximate surface area is 158 Å². The van der Waals surface area contributed by atoms with E-state index in [0.717, 1.165) is 13.1 Å². The molecule has 0 rings (SSSR count). The maximum absolute atomic E-state index is 8.98. The largest absolute Gasteiger partial charge is 0.394 e. The highest BCUT2D eigenvalue weighted by Gasteiger charge is 2.01. The first kappa shape index (κ1) is 27.9. The van der Waals surface area contributed by atoms with Crippen molar-refractivity contribution in [3.8, 4) is 0 Å². The summed E-state index contributed by atoms with van der Waals surface area (Å²) >= 11 is 0. The van der Waals surface area contributed by atoms with Crippen LogP contribution in [-0.4, -0.2) is 97.4 Å². The summed E-state index contributed by atoms with van der Waals surface area (Å²) in [7, 11) is 0. The van der Waals surface area contributed by atoms with Gasteiger partial charge < -0.3 is 40.5 Å². The van der Waals surface area contributed by atoms with Crippen molar-refractivity contribution in [2.75, 3.05) is 52.6 Å². The highest BCUT2D eigenvalue weighted by molar-refractivity contribution is 4.56. The van der Waals surface area contributed by atoms with Gasteiger partial charge in [-0.1, -0.05) is 0 Å². The van der Waals surface area contributed by atoms with Gasteiger partial charge in [0.1, 0.15) is 0 Å². The van der Waals surface area contributed by atoms with E-state index in [1.54, 1.807) is 0 Å². The van der Waals surface area contributed by atoms with E-state index in [2.05, 4.69) is 10.6 Å². The van der Waals surface area contributed by atoms with Crippen LogP contribution in [0.15, 0.2) is 0 Å². The molecule has 0 radical (unpaired) electrons. The molecular weight excluding hydrogens is 340 g/mol. The van der Waals surface area contributed by atoms with Gasteiger partial charge in [-0.25, -0.2) is 0 Å². The lowest BCUT2D eigenvalue weighted by molar-refractivity contribution is 0.0754. The molecule has 0 fully saturated rings. The Hall–Kier alpha value is -0.320. The van der Waals surface area contributed by atoms with Gasteiger partial charge in [0.2, 0.25) is 0 Å². The van der Waals surface area contributed by atoms with Gasteiger partial charge in [-0.2, -0.15) is 0 Å². The second-order valence-electron chi connectivity index (χ2n) is 6.59. The topological polar surface area (TPSA) is 123 Å². The monoisotopic (exact) mass is 382 g/mol. The van der Waals surface area contributed by atoms with Crippen LogP contribution >= 0.6 is 0 Å². The van der Waals surface area contributed by atoms with Gasteiger partial charge >= 0.3 is 0 Å². The Balaban J connectivity index is 0. The molecular formula is C18H42N2O6. The number of aliphatic hydroxyl groups excluding tert-OH is 4. The van der Waals surface area contributed by atoms with Crippen LogP contribution in [0.3, 0.4) is 0 Å². The lowest BCUT2D eigenvalue weighted by atomic mass is 10.3. The first-order chi connectivity index (χ1) is 12.3. The molecule has 0 saturated carbocycles. The fourth-order valence-corrected chi connectivity index (χ4v) is 1.70. The van der Waals surface area contributed by atoms with Crippen molar-refractivity contribution < 1.29 is 29.9 Å². The second kappa shape index (κ2) is 21.0. The minimum Gasteiger partial charge on any atom is -0.394 e. The molecule has 0 unspecified atom stereocenters. The Morgan fingerprint density at radius 3 is 1.27 bits per heavy atom. The number of aliphatic hydroxyl groups is 4. The van der Waals surface area contributed by atoms with E-state index >= 15 is 0 Å². The Morgan fingerprint density at radius 2 is 1.00 bits per heavy atom. The summed E-state index contributed by atoms with van der Waals surface area (Å²) in [6, 6.07) is 0. The standard InChI is InChI=1S/2C9H21NO3/c2*1-8(2)13-6-5-10-4-3-9(12)7-11/h2*8-12H,3-7H2,1-2H3/t2*9-/m10/s1. The van der Waals surface area contributed by atoms with Crippen molar-refractivity contribution in [3.63, 3.8) is 0 Å². The van der Waals surface area contributed by atoms with Gasteiger partial charge in [0.15, 0.2) is 0 Å². The predicted octanol–water partition coefficient (Wildman–Crippen LogP) is -0.511. The van der Waals surface area contributed by atoms with Gasteiger partial charge in [0.25, 0.3) is 0 Å². The average Bonchev–Trinajstić information content (AvgIpc) is 2.60. The molecule has 2 atom stereocenters. The first-order valence-electron chi connectivity index (χ1n) is 9.55. The van der Waals surface area contributed by atoms with E-state index in [-0.39, 0.29) is 25.4 Å². The summed E-state index contributed by atoms with van der Waals surface area (Å²) in [4.78, 5) is 0. The van der Waals surface area contributed by atoms with E-state index in [1.165, 1.54) is 0 Å². The fraction of sp³-hybridized carbons (Fsp3) is 1.00. The van der Waals surface area contributed by atoms with Crippen molar-refractivity contribution in [1.29, 1.82) is 0 Å². The minimum absolute atomic E-state index is 0.163. The maximum Gasteiger partial charge on any atom is 0.0783 e. The number of ether oxygens (including phenoxy) is 2. The summed E-state index contributed by atoms with van der Waals surface area (Å²) in [6.07, 6.45) is 0.503. The molecule has 0 aliphatic rings. The highest BCUT2D eigenvalue weighted by atomic mass is 16.5. The van der Waals surface area contributed by atoms with E-state index < -0.39 is 12.2 Å². The molecule has 0 bridgehead atoms. The third-order valence-corrected chi connectivity index (χ3v) is 3.19. The Kier molecular flexibility index (Phi) is 22.5. The number of hydrogen-bond acceptors (Lipinski definition) is 8. The zero-order valence-corrected chi connectivity index (χ0v) is 17.0. The zero-order valence-electron chi connectivity index (χ0n) is 17.0. The number of hydrogen-bond donors (Lipinski definition) is 6. The molecule has 0 heterocycles. The summed E-state index contributed by atoms with van der Waals surface area (Å²) in [5.74, 6) is 0. The van der Waals surface area contributed by atoms with Crippen LogP contribution < -0.4 is 10.6 Å². The Bertz CT molecular complexity index is 244. The Morgan fingerprint density at radius 1 is 0.654 bits per heavy atom. The van der Waals surface area contributed by atoms with Crippen molar-refractivity contribution in [2.45, 2.75) is 65.0 Å². The summed E-state index contributed by atoms with van der Waals surface area (Å²) in [5.41, 5.74) is 0. The first-order valence-corrected chi connectivity index (χ1v) is 9.55. The molecule has 6 N–H and O–H groups in total. The molecule has 0 aromatic carbocycles. The quantitative estimate of drug-likeness (QED) is 0.197. The molecule has 26 heavy (non-hydrogen) atoms. The highest BCUT2D eigenvalue weighted by Crippen LogP contribution is 1.89. The van der Waals surface area contributed by atoms with Crippen molar-refractivity contribution in [2.24, 2.45) is 0 Å². The summed E-state index contributed by atoms with van der Waals surface area (Å²) < 4.78 is 10.6. The van der Waals surface area contributed by atoms with Crippen molar-refractivity contribution >= 4 is 0 Å². The van der Waals surface area contributed by atoms with Gasteiger partial charge in [-0.15, -0.1) is 0 Å². The van der Waals surface area contributed by atoms with Crippen molar-refractivity contribution in [1.82, 2.24) is 10.6 Å². The van der Waals surface area contributed by atoms with Crippen LogP contribution in [0.2, 0.25) is 0 Å². The zero-order chi connectivity index (χ0) is 20.2. The molecule has 0 aliphatic carbocycles. The normalized spacial score (nSPS) is 13.6. The van der Waals surface area contributed by atoms with Crippen LogP contribution in [0, 0.1) is 0 Å². The molecule has 8 heteroatoms. The van der Waals surface area contributed by atoms with Gasteiger partial charge in [-0.3, -0.25) is 0 Å². The van der Waals surface area contributed by atoms with Gasteiger partial charge in [-0.05, 0) is 53.6 Å². The average molecular weight is 383 g/mol. The van der Waals surface area contributed by atoms with E-state index in [9.17, 15) is 0 Å². The maximum atomic E-state index is 8.98. The molecule has 0 aromatic heterocycles. The minimum atomic E-state index is -0.599. The molecule has 0 spiro atoms. The number of nitrogens with one attached hydrogen (secondary N) is 2. The van der Waals surface area contributed by atoms with Gasteiger partial charge in [0.05, 0.1) is 50.8 Å². The lowest BCUT2D eigenvalue weighted by Gasteiger charge is -2.09. The van der Waals surface area contributed by atoms with Crippen molar-refractivity contribution in [3.05, 3.63) is 0 Å². The summed E-state index contributed by atoms with van der Waals surface area (Å²) in [5, 5.41) is 41.2. The van der Waals surface area contributed by atoms with E-state index in [0.29, 0.717) is 39.1 Å². The number of rotatable bonds is 16. The van der Waals surface area contributed by atoms with Crippen LogP contribution in [0.25, 0.3) is 0 Å². The van der Waals surface area contributed by atoms with Crippen LogP contribution in [0.5, 0.6) is 0 Å². The van der Waals surface area contributed by atoms with Crippen LogP contribution in [-0.2, 0) is 9.47 Å². The van der Waals surface area contributed by atoms with Gasteiger partial charge in [0, 0.05) is 13.1 Å². The molecule has 0 aliphatic heterocycles. The fourth-order valence-electron chi connectivity index (χ4n) is 1.70. The molecule has 0 amide bonds. The second-order valence-corrected chi connectivity index (χ2v) is 6.59. The van der Waals surface area contributed by atoms with E-state index in [4.69, 9.17) is 29.9 Å². The third kappa shape index (κ3) is 25.9. The SMILES string of the molecule is CC(C)OCCNCC[C@@H](O)CO.CC(C)OCCNCC[C@H](O)CO. The smallest absolute Gasteiger partial charge is 0.0783 e. The predicted molar refractivity (Wildman–Crippen MR) is 103 cm³/mol. The molecule has 0 saturated heterocycles. The lowest BCUT2D eigenvalue weighted by Crippen LogP contribution is -2.26. The van der Waals surface area contributed by atoms with Crippen LogP contribution in [0.1, 0.15) is 40.5 Å².